The van der Waals surface area contributed by atoms with Crippen LogP contribution in [0.15, 0.2) is 18.2 Å². The molecule has 2 rings (SSSR count). The van der Waals surface area contributed by atoms with Gasteiger partial charge in [-0.3, -0.25) is 0 Å². The van der Waals surface area contributed by atoms with Crippen LogP contribution in [0.5, 0.6) is 0 Å². The van der Waals surface area contributed by atoms with E-state index in [1.807, 2.05) is 20.0 Å². The Bertz CT molecular complexity index is 440. The number of hydrogen-bond donors (Lipinski definition) is 1. The van der Waals surface area contributed by atoms with Crippen LogP contribution in [0.4, 0.5) is 5.69 Å². The zero-order chi connectivity index (χ0) is 13.0. The molecule has 0 amide bonds. The number of anilines is 1. The van der Waals surface area contributed by atoms with E-state index in [4.69, 9.17) is 0 Å². The van der Waals surface area contributed by atoms with Gasteiger partial charge < -0.3 is 10.2 Å². The molecular weight excluding hydrogens is 222 g/mol. The van der Waals surface area contributed by atoms with E-state index in [0.29, 0.717) is 0 Å². The summed E-state index contributed by atoms with van der Waals surface area (Å²) in [6.45, 7) is 5.25. The van der Waals surface area contributed by atoms with Gasteiger partial charge in [-0.05, 0) is 57.0 Å². The minimum atomic E-state index is 0.780. The van der Waals surface area contributed by atoms with Gasteiger partial charge in [-0.2, -0.15) is 5.26 Å². The molecule has 1 aliphatic heterocycles. The van der Waals surface area contributed by atoms with E-state index in [1.165, 1.54) is 12.8 Å². The van der Waals surface area contributed by atoms with Gasteiger partial charge in [0.1, 0.15) is 6.07 Å². The highest BCUT2D eigenvalue weighted by molar-refractivity contribution is 5.60. The molecule has 0 aromatic heterocycles. The molecule has 1 heterocycles. The predicted octanol–water partition coefficient (Wildman–Crippen LogP) is 2.30. The largest absolute Gasteiger partial charge is 0.370 e. The van der Waals surface area contributed by atoms with Crippen LogP contribution in [0, 0.1) is 24.2 Å². The lowest BCUT2D eigenvalue weighted by Gasteiger charge is -2.34. The average molecular weight is 243 g/mol. The van der Waals surface area contributed by atoms with Gasteiger partial charge in [-0.25, -0.2) is 0 Å². The number of aryl methyl sites for hydroxylation is 1. The molecule has 3 heteroatoms. The van der Waals surface area contributed by atoms with E-state index < -0.39 is 0 Å². The van der Waals surface area contributed by atoms with Gasteiger partial charge in [0.05, 0.1) is 11.3 Å². The zero-order valence-electron chi connectivity index (χ0n) is 11.2. The van der Waals surface area contributed by atoms with Gasteiger partial charge in [-0.1, -0.05) is 6.07 Å². The molecule has 0 radical (unpaired) electrons. The fourth-order valence-electron chi connectivity index (χ4n) is 2.68. The fraction of sp³-hybridized carbons (Fsp3) is 0.533. The second kappa shape index (κ2) is 5.88. The Kier molecular flexibility index (Phi) is 4.22. The first-order valence-electron chi connectivity index (χ1n) is 6.65. The maximum absolute atomic E-state index is 9.22. The SMILES string of the molecule is CNCC1CCN(c2ccc(C)cc2C#N)CC1. The van der Waals surface area contributed by atoms with Crippen LogP contribution in [0.25, 0.3) is 0 Å². The Labute approximate surface area is 109 Å². The second-order valence-electron chi connectivity index (χ2n) is 5.12. The summed E-state index contributed by atoms with van der Waals surface area (Å²) in [6, 6.07) is 8.48. The van der Waals surface area contributed by atoms with E-state index in [1.54, 1.807) is 0 Å². The molecule has 0 atom stereocenters. The zero-order valence-corrected chi connectivity index (χ0v) is 11.2. The molecule has 1 aromatic rings. The van der Waals surface area contributed by atoms with Crippen LogP contribution in [-0.2, 0) is 0 Å². The molecule has 0 aliphatic carbocycles. The third kappa shape index (κ3) is 2.83. The van der Waals surface area contributed by atoms with Gasteiger partial charge >= 0.3 is 0 Å². The van der Waals surface area contributed by atoms with E-state index in [2.05, 4.69) is 28.4 Å². The summed E-state index contributed by atoms with van der Waals surface area (Å²) < 4.78 is 0. The summed E-state index contributed by atoms with van der Waals surface area (Å²) in [5, 5.41) is 12.5. The van der Waals surface area contributed by atoms with Crippen molar-refractivity contribution in [3.63, 3.8) is 0 Å². The minimum absolute atomic E-state index is 0.780. The lowest BCUT2D eigenvalue weighted by Crippen LogP contribution is -2.37. The molecular formula is C15H21N3. The first kappa shape index (κ1) is 12.9. The van der Waals surface area contributed by atoms with Gasteiger partial charge in [0.15, 0.2) is 0 Å². The smallest absolute Gasteiger partial charge is 0.101 e. The van der Waals surface area contributed by atoms with E-state index >= 15 is 0 Å². The van der Waals surface area contributed by atoms with Crippen LogP contribution in [-0.4, -0.2) is 26.7 Å². The highest BCUT2D eigenvalue weighted by atomic mass is 15.1. The van der Waals surface area contributed by atoms with E-state index in [-0.39, 0.29) is 0 Å². The molecule has 96 valence electrons. The van der Waals surface area contributed by atoms with Crippen molar-refractivity contribution in [3.8, 4) is 6.07 Å². The number of benzene rings is 1. The monoisotopic (exact) mass is 243 g/mol. The maximum atomic E-state index is 9.22. The lowest BCUT2D eigenvalue weighted by atomic mass is 9.96. The Morgan fingerprint density at radius 2 is 2.11 bits per heavy atom. The molecule has 1 aliphatic rings. The van der Waals surface area contributed by atoms with Crippen molar-refractivity contribution in [3.05, 3.63) is 29.3 Å². The number of nitriles is 1. The number of rotatable bonds is 3. The highest BCUT2D eigenvalue weighted by Gasteiger charge is 2.20. The third-order valence-electron chi connectivity index (χ3n) is 3.72. The normalized spacial score (nSPS) is 16.6. The van der Waals surface area contributed by atoms with Crippen molar-refractivity contribution >= 4 is 5.69 Å². The third-order valence-corrected chi connectivity index (χ3v) is 3.72. The first-order chi connectivity index (χ1) is 8.74. The fourth-order valence-corrected chi connectivity index (χ4v) is 2.68. The summed E-state index contributed by atoms with van der Waals surface area (Å²) in [5.74, 6) is 0.780. The Morgan fingerprint density at radius 3 is 2.72 bits per heavy atom. The maximum Gasteiger partial charge on any atom is 0.101 e. The molecule has 0 bridgehead atoms. The molecule has 18 heavy (non-hydrogen) atoms. The molecule has 1 fully saturated rings. The number of nitrogens with one attached hydrogen (secondary N) is 1. The summed E-state index contributed by atoms with van der Waals surface area (Å²) in [4.78, 5) is 2.35. The molecule has 0 unspecified atom stereocenters. The van der Waals surface area contributed by atoms with E-state index in [9.17, 15) is 5.26 Å². The van der Waals surface area contributed by atoms with Crippen molar-refractivity contribution in [2.75, 3.05) is 31.6 Å². The van der Waals surface area contributed by atoms with Crippen LogP contribution >= 0.6 is 0 Å². The van der Waals surface area contributed by atoms with Crippen molar-refractivity contribution in [2.24, 2.45) is 5.92 Å². The van der Waals surface area contributed by atoms with Crippen molar-refractivity contribution in [2.45, 2.75) is 19.8 Å². The van der Waals surface area contributed by atoms with Gasteiger partial charge in [-0.15, -0.1) is 0 Å². The summed E-state index contributed by atoms with van der Waals surface area (Å²) in [7, 11) is 2.01. The average Bonchev–Trinajstić information content (AvgIpc) is 2.40. The molecule has 1 N–H and O–H groups in total. The Balaban J connectivity index is 2.08. The molecule has 0 spiro atoms. The second-order valence-corrected chi connectivity index (χ2v) is 5.12. The summed E-state index contributed by atoms with van der Waals surface area (Å²) in [5.41, 5.74) is 3.06. The van der Waals surface area contributed by atoms with Gasteiger partial charge in [0.2, 0.25) is 0 Å². The topological polar surface area (TPSA) is 39.1 Å². The van der Waals surface area contributed by atoms with Crippen molar-refractivity contribution in [1.29, 1.82) is 5.26 Å². The van der Waals surface area contributed by atoms with Crippen molar-refractivity contribution < 1.29 is 0 Å². The van der Waals surface area contributed by atoms with Crippen LogP contribution < -0.4 is 10.2 Å². The molecule has 0 saturated carbocycles. The molecule has 1 saturated heterocycles. The van der Waals surface area contributed by atoms with Crippen LogP contribution in [0.1, 0.15) is 24.0 Å². The van der Waals surface area contributed by atoms with Crippen molar-refractivity contribution in [1.82, 2.24) is 5.32 Å². The first-order valence-corrected chi connectivity index (χ1v) is 6.65. The number of piperidine rings is 1. The predicted molar refractivity (Wildman–Crippen MR) is 74.8 cm³/mol. The minimum Gasteiger partial charge on any atom is -0.370 e. The standard InChI is InChI=1S/C15H21N3/c1-12-3-4-15(14(9-12)10-16)18-7-5-13(6-8-18)11-17-2/h3-4,9,13,17H,5-8,11H2,1-2H3. The quantitative estimate of drug-likeness (QED) is 0.885. The Morgan fingerprint density at radius 1 is 1.39 bits per heavy atom. The van der Waals surface area contributed by atoms with Crippen LogP contribution in [0.2, 0.25) is 0 Å². The molecule has 1 aromatic carbocycles. The van der Waals surface area contributed by atoms with Gasteiger partial charge in [0, 0.05) is 13.1 Å². The molecule has 3 nitrogen and oxygen atoms in total. The highest BCUT2D eigenvalue weighted by Crippen LogP contribution is 2.26. The summed E-state index contributed by atoms with van der Waals surface area (Å²) in [6.07, 6.45) is 2.42. The van der Waals surface area contributed by atoms with Crippen LogP contribution in [0.3, 0.4) is 0 Å². The number of hydrogen-bond acceptors (Lipinski definition) is 3. The number of nitrogens with zero attached hydrogens (tertiary/aromatic N) is 2. The summed E-state index contributed by atoms with van der Waals surface area (Å²) >= 11 is 0. The Hall–Kier alpha value is -1.53. The lowest BCUT2D eigenvalue weighted by molar-refractivity contribution is 0.393. The van der Waals surface area contributed by atoms with E-state index in [0.717, 1.165) is 42.4 Å². The van der Waals surface area contributed by atoms with Gasteiger partial charge in [0.25, 0.3) is 0 Å².